The molecule has 0 aliphatic carbocycles. The van der Waals surface area contributed by atoms with Gasteiger partial charge in [0.05, 0.1) is 0 Å². The van der Waals surface area contributed by atoms with Gasteiger partial charge >= 0.3 is 5.97 Å². The van der Waals surface area contributed by atoms with E-state index in [2.05, 4.69) is 20.5 Å². The number of carbonyl (C=O) groups is 1. The number of hydrogen-bond donors (Lipinski definition) is 1. The fourth-order valence-electron chi connectivity index (χ4n) is 1.84. The fraction of sp³-hybridized carbons (Fsp3) is 0.417. The zero-order valence-electron chi connectivity index (χ0n) is 10.8. The number of pyridine rings is 1. The molecule has 19 heavy (non-hydrogen) atoms. The van der Waals surface area contributed by atoms with Crippen LogP contribution in [0.3, 0.4) is 0 Å². The van der Waals surface area contributed by atoms with E-state index in [0.717, 1.165) is 5.69 Å². The predicted octanol–water partition coefficient (Wildman–Crippen LogP) is 1.15. The summed E-state index contributed by atoms with van der Waals surface area (Å²) in [5, 5.41) is 20.2. The van der Waals surface area contributed by atoms with Gasteiger partial charge in [-0.25, -0.2) is 9.67 Å². The van der Waals surface area contributed by atoms with Crippen molar-refractivity contribution in [2.75, 3.05) is 0 Å². The minimum atomic E-state index is -0.823. The van der Waals surface area contributed by atoms with Gasteiger partial charge in [0.1, 0.15) is 5.69 Å². The number of aliphatic carboxylic acids is 1. The maximum atomic E-state index is 10.7. The maximum Gasteiger partial charge on any atom is 0.303 e. The smallest absolute Gasteiger partial charge is 0.303 e. The van der Waals surface area contributed by atoms with Crippen LogP contribution in [0.5, 0.6) is 0 Å². The summed E-state index contributed by atoms with van der Waals surface area (Å²) in [7, 11) is 0. The molecule has 0 spiro atoms. The number of aromatic nitrogens is 5. The molecule has 0 saturated heterocycles. The van der Waals surface area contributed by atoms with E-state index in [9.17, 15) is 4.79 Å². The summed E-state index contributed by atoms with van der Waals surface area (Å²) in [5.41, 5.74) is 1.57. The van der Waals surface area contributed by atoms with E-state index < -0.39 is 5.97 Å². The van der Waals surface area contributed by atoms with Crippen molar-refractivity contribution in [3.05, 3.63) is 23.9 Å². The average Bonchev–Trinajstić information content (AvgIpc) is 2.75. The fourth-order valence-corrected chi connectivity index (χ4v) is 1.84. The molecular weight excluding hydrogens is 246 g/mol. The Bertz CT molecular complexity index is 581. The SMILES string of the molecule is Cc1cccc(-c2nnnn2CC(C)CC(=O)O)n1. The number of nitrogens with zero attached hydrogens (tertiary/aromatic N) is 5. The molecule has 0 aliphatic heterocycles. The van der Waals surface area contributed by atoms with Gasteiger partial charge in [0.15, 0.2) is 0 Å². The molecule has 0 aromatic carbocycles. The van der Waals surface area contributed by atoms with Gasteiger partial charge in [0.25, 0.3) is 0 Å². The molecule has 0 fully saturated rings. The Hall–Kier alpha value is -2.31. The lowest BCUT2D eigenvalue weighted by Gasteiger charge is -2.09. The van der Waals surface area contributed by atoms with E-state index in [0.29, 0.717) is 18.1 Å². The van der Waals surface area contributed by atoms with E-state index in [1.807, 2.05) is 32.0 Å². The Morgan fingerprint density at radius 1 is 1.47 bits per heavy atom. The first kappa shape index (κ1) is 13.1. The minimum Gasteiger partial charge on any atom is -0.481 e. The van der Waals surface area contributed by atoms with Crippen LogP contribution in [-0.2, 0) is 11.3 Å². The van der Waals surface area contributed by atoms with Crippen molar-refractivity contribution in [1.29, 1.82) is 0 Å². The number of carboxylic acids is 1. The lowest BCUT2D eigenvalue weighted by atomic mass is 10.1. The summed E-state index contributed by atoms with van der Waals surface area (Å²) in [5.74, 6) is -0.318. The minimum absolute atomic E-state index is 0.0513. The van der Waals surface area contributed by atoms with Crippen molar-refractivity contribution in [2.45, 2.75) is 26.8 Å². The monoisotopic (exact) mass is 261 g/mol. The van der Waals surface area contributed by atoms with Crippen LogP contribution in [0.25, 0.3) is 11.5 Å². The summed E-state index contributed by atoms with van der Waals surface area (Å²) in [6, 6.07) is 5.61. The Morgan fingerprint density at radius 3 is 2.95 bits per heavy atom. The average molecular weight is 261 g/mol. The van der Waals surface area contributed by atoms with Crippen LogP contribution >= 0.6 is 0 Å². The summed E-state index contributed by atoms with van der Waals surface area (Å²) in [6.07, 6.45) is 0.0839. The van der Waals surface area contributed by atoms with Crippen LogP contribution in [0.4, 0.5) is 0 Å². The van der Waals surface area contributed by atoms with Crippen LogP contribution < -0.4 is 0 Å². The van der Waals surface area contributed by atoms with Crippen molar-refractivity contribution >= 4 is 5.97 Å². The lowest BCUT2D eigenvalue weighted by molar-refractivity contribution is -0.138. The Labute approximate surface area is 110 Å². The highest BCUT2D eigenvalue weighted by Gasteiger charge is 2.14. The summed E-state index contributed by atoms with van der Waals surface area (Å²) in [4.78, 5) is 15.0. The van der Waals surface area contributed by atoms with Gasteiger partial charge in [-0.3, -0.25) is 4.79 Å². The molecule has 0 aliphatic rings. The molecule has 1 unspecified atom stereocenters. The third-order valence-electron chi connectivity index (χ3n) is 2.66. The van der Waals surface area contributed by atoms with Gasteiger partial charge in [-0.2, -0.15) is 0 Å². The van der Waals surface area contributed by atoms with Gasteiger partial charge < -0.3 is 5.11 Å². The number of carboxylic acid groups (broad SMARTS) is 1. The summed E-state index contributed by atoms with van der Waals surface area (Å²) in [6.45, 7) is 4.19. The Balaban J connectivity index is 2.20. The quantitative estimate of drug-likeness (QED) is 0.867. The topological polar surface area (TPSA) is 93.8 Å². The Kier molecular flexibility index (Phi) is 3.84. The zero-order valence-corrected chi connectivity index (χ0v) is 10.8. The lowest BCUT2D eigenvalue weighted by Crippen LogP contribution is -2.14. The third kappa shape index (κ3) is 3.34. The Morgan fingerprint density at radius 2 is 2.26 bits per heavy atom. The number of aryl methyl sites for hydroxylation is 1. The van der Waals surface area contributed by atoms with Crippen molar-refractivity contribution in [1.82, 2.24) is 25.2 Å². The molecule has 2 heterocycles. The van der Waals surface area contributed by atoms with Crippen molar-refractivity contribution in [3.8, 4) is 11.5 Å². The largest absolute Gasteiger partial charge is 0.481 e. The van der Waals surface area contributed by atoms with Crippen LogP contribution in [0, 0.1) is 12.8 Å². The van der Waals surface area contributed by atoms with Gasteiger partial charge in [-0.1, -0.05) is 13.0 Å². The first-order valence-electron chi connectivity index (χ1n) is 5.98. The van der Waals surface area contributed by atoms with Gasteiger partial charge in [0.2, 0.25) is 5.82 Å². The summed E-state index contributed by atoms with van der Waals surface area (Å²) < 4.78 is 1.59. The van der Waals surface area contributed by atoms with E-state index in [4.69, 9.17) is 5.11 Å². The molecule has 1 atom stereocenters. The van der Waals surface area contributed by atoms with E-state index in [1.54, 1.807) is 4.68 Å². The highest BCUT2D eigenvalue weighted by molar-refractivity contribution is 5.66. The molecule has 7 nitrogen and oxygen atoms in total. The standard InChI is InChI=1S/C12H15N5O2/c1-8(6-11(18)19)7-17-12(14-15-16-17)10-5-3-4-9(2)13-10/h3-5,8H,6-7H2,1-2H3,(H,18,19). The van der Waals surface area contributed by atoms with E-state index in [-0.39, 0.29) is 12.3 Å². The second-order valence-corrected chi connectivity index (χ2v) is 4.55. The number of rotatable bonds is 5. The second kappa shape index (κ2) is 5.55. The highest BCUT2D eigenvalue weighted by Crippen LogP contribution is 2.15. The van der Waals surface area contributed by atoms with Gasteiger partial charge in [-0.05, 0) is 35.4 Å². The van der Waals surface area contributed by atoms with Crippen LogP contribution in [0.15, 0.2) is 18.2 Å². The molecule has 2 aromatic rings. The molecule has 7 heteroatoms. The summed E-state index contributed by atoms with van der Waals surface area (Å²) >= 11 is 0. The van der Waals surface area contributed by atoms with Gasteiger partial charge in [0, 0.05) is 18.7 Å². The number of hydrogen-bond acceptors (Lipinski definition) is 5. The molecule has 2 rings (SSSR count). The predicted molar refractivity (Wildman–Crippen MR) is 67.2 cm³/mol. The van der Waals surface area contributed by atoms with Crippen LogP contribution in [0.1, 0.15) is 19.0 Å². The highest BCUT2D eigenvalue weighted by atomic mass is 16.4. The molecule has 0 radical (unpaired) electrons. The van der Waals surface area contributed by atoms with Crippen molar-refractivity contribution in [3.63, 3.8) is 0 Å². The zero-order chi connectivity index (χ0) is 13.8. The normalized spacial score (nSPS) is 12.3. The second-order valence-electron chi connectivity index (χ2n) is 4.55. The van der Waals surface area contributed by atoms with Crippen LogP contribution in [-0.4, -0.2) is 36.3 Å². The van der Waals surface area contributed by atoms with Crippen LogP contribution in [0.2, 0.25) is 0 Å². The van der Waals surface area contributed by atoms with E-state index >= 15 is 0 Å². The van der Waals surface area contributed by atoms with Crippen molar-refractivity contribution < 1.29 is 9.90 Å². The molecule has 0 amide bonds. The molecular formula is C12H15N5O2. The van der Waals surface area contributed by atoms with E-state index in [1.165, 1.54) is 0 Å². The number of tetrazole rings is 1. The van der Waals surface area contributed by atoms with Crippen molar-refractivity contribution in [2.24, 2.45) is 5.92 Å². The van der Waals surface area contributed by atoms with Gasteiger partial charge in [-0.15, -0.1) is 5.10 Å². The molecule has 1 N–H and O–H groups in total. The first-order chi connectivity index (χ1) is 9.06. The maximum absolute atomic E-state index is 10.7. The molecule has 0 bridgehead atoms. The molecule has 2 aromatic heterocycles. The third-order valence-corrected chi connectivity index (χ3v) is 2.66. The first-order valence-corrected chi connectivity index (χ1v) is 5.98. The molecule has 0 saturated carbocycles. The molecule has 100 valence electrons.